The van der Waals surface area contributed by atoms with Crippen LogP contribution in [0.25, 0.3) is 0 Å². The number of halogens is 1. The van der Waals surface area contributed by atoms with Crippen LogP contribution >= 0.6 is 15.9 Å². The maximum absolute atomic E-state index is 12.3. The second-order valence-corrected chi connectivity index (χ2v) is 6.67. The van der Waals surface area contributed by atoms with Crippen LogP contribution < -0.4 is 4.74 Å². The zero-order valence-corrected chi connectivity index (χ0v) is 15.6. The molecule has 0 aliphatic carbocycles. The van der Waals surface area contributed by atoms with Crippen molar-refractivity contribution in [1.29, 1.82) is 0 Å². The largest absolute Gasteiger partial charge is 0.492 e. The maximum atomic E-state index is 12.3. The molecule has 6 heteroatoms. The van der Waals surface area contributed by atoms with Crippen molar-refractivity contribution in [3.63, 3.8) is 0 Å². The average molecular weight is 398 g/mol. The Kier molecular flexibility index (Phi) is 7.56. The summed E-state index contributed by atoms with van der Waals surface area (Å²) in [5.74, 6) is 0.497. The number of carbonyl (C=O) groups excluding carboxylic acids is 2. The molecule has 0 radical (unpaired) electrons. The SMILES string of the molecule is CCOC(=O)C1CCCN(C(=O)CCCOc2ccccc2Br)C1. The Bertz CT molecular complexity index is 564. The van der Waals surface area contributed by atoms with Gasteiger partial charge in [-0.05, 0) is 54.2 Å². The van der Waals surface area contributed by atoms with E-state index >= 15 is 0 Å². The summed E-state index contributed by atoms with van der Waals surface area (Å²) < 4.78 is 11.6. The van der Waals surface area contributed by atoms with Gasteiger partial charge >= 0.3 is 5.97 Å². The molecule has 1 amide bonds. The van der Waals surface area contributed by atoms with Gasteiger partial charge in [0.15, 0.2) is 0 Å². The lowest BCUT2D eigenvalue weighted by molar-refractivity contribution is -0.151. The summed E-state index contributed by atoms with van der Waals surface area (Å²) in [5.41, 5.74) is 0. The zero-order valence-electron chi connectivity index (χ0n) is 14.0. The number of ether oxygens (including phenoxy) is 2. The monoisotopic (exact) mass is 397 g/mol. The highest BCUT2D eigenvalue weighted by Gasteiger charge is 2.28. The van der Waals surface area contributed by atoms with Crippen LogP contribution in [0.2, 0.25) is 0 Å². The molecule has 2 rings (SSSR count). The lowest BCUT2D eigenvalue weighted by Gasteiger charge is -2.31. The minimum atomic E-state index is -0.188. The first-order valence-corrected chi connectivity index (χ1v) is 9.23. The molecule has 1 heterocycles. The normalized spacial score (nSPS) is 17.4. The van der Waals surface area contributed by atoms with Crippen molar-refractivity contribution in [2.24, 2.45) is 5.92 Å². The molecule has 1 aromatic carbocycles. The van der Waals surface area contributed by atoms with Crippen molar-refractivity contribution in [3.05, 3.63) is 28.7 Å². The summed E-state index contributed by atoms with van der Waals surface area (Å²) in [6.45, 7) is 3.87. The second-order valence-electron chi connectivity index (χ2n) is 5.81. The van der Waals surface area contributed by atoms with Crippen LogP contribution in [-0.4, -0.2) is 43.1 Å². The molecule has 1 aliphatic heterocycles. The standard InChI is InChI=1S/C18H24BrNO4/c1-2-23-18(22)14-7-5-11-20(13-14)17(21)10-6-12-24-16-9-4-3-8-15(16)19/h3-4,8-9,14H,2,5-7,10-13H2,1H3. The van der Waals surface area contributed by atoms with E-state index in [4.69, 9.17) is 9.47 Å². The number of nitrogens with zero attached hydrogens (tertiary/aromatic N) is 1. The van der Waals surface area contributed by atoms with Gasteiger partial charge in [-0.3, -0.25) is 9.59 Å². The third kappa shape index (κ3) is 5.51. The number of hydrogen-bond acceptors (Lipinski definition) is 4. The Balaban J connectivity index is 1.72. The number of esters is 1. The number of carbonyl (C=O) groups is 2. The Hall–Kier alpha value is -1.56. The van der Waals surface area contributed by atoms with E-state index in [9.17, 15) is 9.59 Å². The number of amides is 1. The summed E-state index contributed by atoms with van der Waals surface area (Å²) in [7, 11) is 0. The Morgan fingerprint density at radius 3 is 2.88 bits per heavy atom. The highest BCUT2D eigenvalue weighted by Crippen LogP contribution is 2.24. The fraction of sp³-hybridized carbons (Fsp3) is 0.556. The van der Waals surface area contributed by atoms with Crippen molar-refractivity contribution in [1.82, 2.24) is 4.90 Å². The van der Waals surface area contributed by atoms with Crippen LogP contribution in [-0.2, 0) is 14.3 Å². The number of piperidine rings is 1. The Morgan fingerprint density at radius 1 is 1.33 bits per heavy atom. The van der Waals surface area contributed by atoms with Crippen molar-refractivity contribution in [2.45, 2.75) is 32.6 Å². The van der Waals surface area contributed by atoms with Crippen molar-refractivity contribution < 1.29 is 19.1 Å². The van der Waals surface area contributed by atoms with Crippen LogP contribution in [0.5, 0.6) is 5.75 Å². The predicted molar refractivity (Wildman–Crippen MR) is 94.8 cm³/mol. The molecule has 1 fully saturated rings. The molecule has 5 nitrogen and oxygen atoms in total. The van der Waals surface area contributed by atoms with Gasteiger partial charge in [0.2, 0.25) is 5.91 Å². The van der Waals surface area contributed by atoms with Crippen molar-refractivity contribution >= 4 is 27.8 Å². The molecule has 1 saturated heterocycles. The highest BCUT2D eigenvalue weighted by molar-refractivity contribution is 9.10. The molecule has 24 heavy (non-hydrogen) atoms. The van der Waals surface area contributed by atoms with E-state index in [1.165, 1.54) is 0 Å². The summed E-state index contributed by atoms with van der Waals surface area (Å²) in [4.78, 5) is 25.9. The molecular weight excluding hydrogens is 374 g/mol. The van der Waals surface area contributed by atoms with Crippen LogP contribution in [0.15, 0.2) is 28.7 Å². The summed E-state index contributed by atoms with van der Waals surface area (Å²) >= 11 is 3.43. The van der Waals surface area contributed by atoms with Crippen LogP contribution in [0, 0.1) is 5.92 Å². The molecular formula is C18H24BrNO4. The first-order valence-electron chi connectivity index (χ1n) is 8.43. The molecule has 0 saturated carbocycles. The molecule has 0 spiro atoms. The van der Waals surface area contributed by atoms with Gasteiger partial charge in [-0.1, -0.05) is 12.1 Å². The molecule has 1 unspecified atom stereocenters. The lowest BCUT2D eigenvalue weighted by atomic mass is 9.98. The number of benzene rings is 1. The van der Waals surface area contributed by atoms with Gasteiger partial charge in [0.05, 0.1) is 23.6 Å². The van der Waals surface area contributed by atoms with E-state index < -0.39 is 0 Å². The van der Waals surface area contributed by atoms with Gasteiger partial charge in [-0.25, -0.2) is 0 Å². The van der Waals surface area contributed by atoms with E-state index in [1.54, 1.807) is 11.8 Å². The van der Waals surface area contributed by atoms with Gasteiger partial charge in [-0.15, -0.1) is 0 Å². The van der Waals surface area contributed by atoms with Crippen LogP contribution in [0.3, 0.4) is 0 Å². The highest BCUT2D eigenvalue weighted by atomic mass is 79.9. The molecule has 1 aromatic rings. The quantitative estimate of drug-likeness (QED) is 0.522. The van der Waals surface area contributed by atoms with E-state index in [2.05, 4.69) is 15.9 Å². The summed E-state index contributed by atoms with van der Waals surface area (Å²) in [6, 6.07) is 7.65. The van der Waals surface area contributed by atoms with Crippen LogP contribution in [0.4, 0.5) is 0 Å². The van der Waals surface area contributed by atoms with Crippen molar-refractivity contribution in [3.8, 4) is 5.75 Å². The van der Waals surface area contributed by atoms with Gasteiger partial charge in [0.25, 0.3) is 0 Å². The summed E-state index contributed by atoms with van der Waals surface area (Å²) in [6.07, 6.45) is 2.73. The molecule has 1 atom stereocenters. The fourth-order valence-corrected chi connectivity index (χ4v) is 3.18. The van der Waals surface area contributed by atoms with Gasteiger partial charge < -0.3 is 14.4 Å². The number of para-hydroxylation sites is 1. The van der Waals surface area contributed by atoms with E-state index in [0.29, 0.717) is 32.6 Å². The molecule has 1 aliphatic rings. The molecule has 0 bridgehead atoms. The van der Waals surface area contributed by atoms with Gasteiger partial charge in [0.1, 0.15) is 5.75 Å². The Morgan fingerprint density at radius 2 is 2.12 bits per heavy atom. The van der Waals surface area contributed by atoms with Crippen molar-refractivity contribution in [2.75, 3.05) is 26.3 Å². The third-order valence-corrected chi connectivity index (χ3v) is 4.68. The third-order valence-electron chi connectivity index (χ3n) is 4.02. The molecule has 132 valence electrons. The average Bonchev–Trinajstić information content (AvgIpc) is 2.60. The lowest BCUT2D eigenvalue weighted by Crippen LogP contribution is -2.42. The smallest absolute Gasteiger partial charge is 0.310 e. The van der Waals surface area contributed by atoms with E-state index in [0.717, 1.165) is 29.6 Å². The Labute approximate surface area is 151 Å². The van der Waals surface area contributed by atoms with Crippen LogP contribution in [0.1, 0.15) is 32.6 Å². The second kappa shape index (κ2) is 9.67. The number of likely N-dealkylation sites (tertiary alicyclic amines) is 1. The van der Waals surface area contributed by atoms with Gasteiger partial charge in [-0.2, -0.15) is 0 Å². The number of hydrogen-bond donors (Lipinski definition) is 0. The molecule has 0 aromatic heterocycles. The first-order chi connectivity index (χ1) is 11.6. The van der Waals surface area contributed by atoms with Gasteiger partial charge in [0, 0.05) is 19.5 Å². The maximum Gasteiger partial charge on any atom is 0.310 e. The van der Waals surface area contributed by atoms with E-state index in [-0.39, 0.29) is 17.8 Å². The first kappa shape index (κ1) is 18.8. The number of rotatable bonds is 7. The predicted octanol–water partition coefficient (Wildman–Crippen LogP) is 3.41. The minimum Gasteiger partial charge on any atom is -0.492 e. The molecule has 0 N–H and O–H groups in total. The topological polar surface area (TPSA) is 55.8 Å². The minimum absolute atomic E-state index is 0.0831. The zero-order chi connectivity index (χ0) is 17.4. The van der Waals surface area contributed by atoms with E-state index in [1.807, 2.05) is 24.3 Å². The fourth-order valence-electron chi connectivity index (χ4n) is 2.78. The summed E-state index contributed by atoms with van der Waals surface area (Å²) in [5, 5.41) is 0.